The van der Waals surface area contributed by atoms with Gasteiger partial charge in [0.05, 0.1) is 7.11 Å². The monoisotopic (exact) mass is 281 g/mol. The molecule has 0 heterocycles. The van der Waals surface area contributed by atoms with E-state index in [4.69, 9.17) is 4.74 Å². The van der Waals surface area contributed by atoms with Crippen LogP contribution in [0.25, 0.3) is 0 Å². The van der Waals surface area contributed by atoms with Gasteiger partial charge >= 0.3 is 0 Å². The van der Waals surface area contributed by atoms with E-state index in [0.29, 0.717) is 6.04 Å². The number of methoxy groups -OCH3 is 1. The van der Waals surface area contributed by atoms with E-state index >= 15 is 0 Å². The van der Waals surface area contributed by atoms with Crippen molar-refractivity contribution in [3.63, 3.8) is 0 Å². The molecule has 0 bridgehead atoms. The van der Waals surface area contributed by atoms with Gasteiger partial charge in [-0.05, 0) is 36.6 Å². The Morgan fingerprint density at radius 3 is 2.81 bits per heavy atom. The molecular formula is C13H16BrNO. The van der Waals surface area contributed by atoms with Crippen molar-refractivity contribution in [1.29, 1.82) is 0 Å². The molecule has 3 heteroatoms. The van der Waals surface area contributed by atoms with Crippen LogP contribution in [0.2, 0.25) is 0 Å². The molecule has 0 spiro atoms. The summed E-state index contributed by atoms with van der Waals surface area (Å²) >= 11 is 3.56. The van der Waals surface area contributed by atoms with Crippen LogP contribution in [0.3, 0.4) is 0 Å². The van der Waals surface area contributed by atoms with Gasteiger partial charge in [-0.2, -0.15) is 0 Å². The minimum atomic E-state index is 0.595. The van der Waals surface area contributed by atoms with Crippen molar-refractivity contribution in [3.05, 3.63) is 40.4 Å². The van der Waals surface area contributed by atoms with Gasteiger partial charge in [-0.3, -0.25) is 0 Å². The SMILES string of the molecule is COc1ccc(Br)c(CNC2CC=CC2)c1. The lowest BCUT2D eigenvalue weighted by Crippen LogP contribution is -2.25. The van der Waals surface area contributed by atoms with Gasteiger partial charge in [0, 0.05) is 17.1 Å². The van der Waals surface area contributed by atoms with Gasteiger partial charge < -0.3 is 10.1 Å². The van der Waals surface area contributed by atoms with Crippen molar-refractivity contribution in [2.45, 2.75) is 25.4 Å². The predicted molar refractivity (Wildman–Crippen MR) is 69.7 cm³/mol. The maximum absolute atomic E-state index is 5.22. The second kappa shape index (κ2) is 5.51. The Morgan fingerprint density at radius 1 is 1.38 bits per heavy atom. The minimum absolute atomic E-state index is 0.595. The molecule has 0 saturated carbocycles. The molecule has 1 aromatic carbocycles. The number of halogens is 1. The van der Waals surface area contributed by atoms with Crippen molar-refractivity contribution in [2.75, 3.05) is 7.11 Å². The second-order valence-corrected chi connectivity index (χ2v) is 4.83. The molecule has 0 saturated heterocycles. The van der Waals surface area contributed by atoms with Crippen molar-refractivity contribution in [2.24, 2.45) is 0 Å². The maximum atomic E-state index is 5.22. The summed E-state index contributed by atoms with van der Waals surface area (Å²) in [6.45, 7) is 0.879. The van der Waals surface area contributed by atoms with Gasteiger partial charge in [-0.25, -0.2) is 0 Å². The molecule has 0 aromatic heterocycles. The molecule has 2 nitrogen and oxygen atoms in total. The van der Waals surface area contributed by atoms with Gasteiger partial charge in [0.1, 0.15) is 5.75 Å². The summed E-state index contributed by atoms with van der Waals surface area (Å²) in [5, 5.41) is 3.54. The number of rotatable bonds is 4. The fraction of sp³-hybridized carbons (Fsp3) is 0.385. The Hall–Kier alpha value is -0.800. The fourth-order valence-electron chi connectivity index (χ4n) is 1.85. The van der Waals surface area contributed by atoms with Crippen LogP contribution in [0, 0.1) is 0 Å². The zero-order chi connectivity index (χ0) is 11.4. The van der Waals surface area contributed by atoms with Crippen LogP contribution in [-0.2, 0) is 6.54 Å². The van der Waals surface area contributed by atoms with Crippen LogP contribution in [0.15, 0.2) is 34.8 Å². The largest absolute Gasteiger partial charge is 0.497 e. The molecule has 86 valence electrons. The van der Waals surface area contributed by atoms with Crippen LogP contribution in [0.4, 0.5) is 0 Å². The van der Waals surface area contributed by atoms with Crippen molar-refractivity contribution in [3.8, 4) is 5.75 Å². The molecule has 0 fully saturated rings. The average Bonchev–Trinajstić information content (AvgIpc) is 2.81. The average molecular weight is 282 g/mol. The number of hydrogen-bond acceptors (Lipinski definition) is 2. The molecule has 1 N–H and O–H groups in total. The second-order valence-electron chi connectivity index (χ2n) is 3.98. The van der Waals surface area contributed by atoms with Crippen molar-refractivity contribution >= 4 is 15.9 Å². The number of hydrogen-bond donors (Lipinski definition) is 1. The first kappa shape index (κ1) is 11.7. The highest BCUT2D eigenvalue weighted by atomic mass is 79.9. The highest BCUT2D eigenvalue weighted by molar-refractivity contribution is 9.10. The van der Waals surface area contributed by atoms with Crippen LogP contribution < -0.4 is 10.1 Å². The highest BCUT2D eigenvalue weighted by Gasteiger charge is 2.10. The minimum Gasteiger partial charge on any atom is -0.497 e. The Kier molecular flexibility index (Phi) is 4.02. The molecular weight excluding hydrogens is 266 g/mol. The number of nitrogens with one attached hydrogen (secondary N) is 1. The third-order valence-corrected chi connectivity index (χ3v) is 3.62. The molecule has 1 aliphatic carbocycles. The molecule has 0 radical (unpaired) electrons. The Balaban J connectivity index is 1.97. The summed E-state index contributed by atoms with van der Waals surface area (Å²) in [5.41, 5.74) is 1.24. The van der Waals surface area contributed by atoms with E-state index < -0.39 is 0 Å². The maximum Gasteiger partial charge on any atom is 0.119 e. The van der Waals surface area contributed by atoms with E-state index in [2.05, 4.69) is 39.5 Å². The first-order valence-corrected chi connectivity index (χ1v) is 6.29. The van der Waals surface area contributed by atoms with Crippen LogP contribution >= 0.6 is 15.9 Å². The first-order valence-electron chi connectivity index (χ1n) is 5.50. The highest BCUT2D eigenvalue weighted by Crippen LogP contribution is 2.22. The normalized spacial score (nSPS) is 15.6. The molecule has 0 amide bonds. The molecule has 0 unspecified atom stereocenters. The standard InChI is InChI=1S/C13H16BrNO/c1-16-12-6-7-13(14)10(8-12)9-15-11-4-2-3-5-11/h2-3,6-8,11,15H,4-5,9H2,1H3. The zero-order valence-corrected chi connectivity index (χ0v) is 11.0. The van der Waals surface area contributed by atoms with Gasteiger partial charge in [0.25, 0.3) is 0 Å². The summed E-state index contributed by atoms with van der Waals surface area (Å²) in [7, 11) is 1.70. The van der Waals surface area contributed by atoms with E-state index in [1.165, 1.54) is 5.56 Å². The van der Waals surface area contributed by atoms with Gasteiger partial charge in [-0.1, -0.05) is 28.1 Å². The molecule has 2 rings (SSSR count). The van der Waals surface area contributed by atoms with E-state index in [1.54, 1.807) is 7.11 Å². The summed E-state index contributed by atoms with van der Waals surface area (Å²) in [6.07, 6.45) is 6.75. The van der Waals surface area contributed by atoms with Crippen molar-refractivity contribution < 1.29 is 4.74 Å². The molecule has 0 atom stereocenters. The third-order valence-electron chi connectivity index (χ3n) is 2.84. The number of benzene rings is 1. The van der Waals surface area contributed by atoms with E-state index in [1.807, 2.05) is 12.1 Å². The third kappa shape index (κ3) is 2.86. The molecule has 0 aliphatic heterocycles. The quantitative estimate of drug-likeness (QED) is 0.856. The van der Waals surface area contributed by atoms with Crippen LogP contribution in [0.5, 0.6) is 5.75 Å². The lowest BCUT2D eigenvalue weighted by atomic mass is 10.2. The number of ether oxygens (including phenoxy) is 1. The summed E-state index contributed by atoms with van der Waals surface area (Å²) in [6, 6.07) is 6.66. The summed E-state index contributed by atoms with van der Waals surface area (Å²) in [4.78, 5) is 0. The Morgan fingerprint density at radius 2 is 2.12 bits per heavy atom. The topological polar surface area (TPSA) is 21.3 Å². The lowest BCUT2D eigenvalue weighted by Gasteiger charge is -2.13. The Bertz CT molecular complexity index is 382. The van der Waals surface area contributed by atoms with Gasteiger partial charge in [0.2, 0.25) is 0 Å². The van der Waals surface area contributed by atoms with Crippen LogP contribution in [-0.4, -0.2) is 13.2 Å². The van der Waals surface area contributed by atoms with Gasteiger partial charge in [0.15, 0.2) is 0 Å². The Labute approximate surface area is 105 Å². The fourth-order valence-corrected chi connectivity index (χ4v) is 2.24. The van der Waals surface area contributed by atoms with E-state index in [9.17, 15) is 0 Å². The van der Waals surface area contributed by atoms with E-state index in [0.717, 1.165) is 29.6 Å². The first-order chi connectivity index (χ1) is 7.79. The molecule has 16 heavy (non-hydrogen) atoms. The van der Waals surface area contributed by atoms with E-state index in [-0.39, 0.29) is 0 Å². The molecule has 1 aromatic rings. The van der Waals surface area contributed by atoms with Crippen molar-refractivity contribution in [1.82, 2.24) is 5.32 Å². The lowest BCUT2D eigenvalue weighted by molar-refractivity contribution is 0.413. The molecule has 1 aliphatic rings. The smallest absolute Gasteiger partial charge is 0.119 e. The predicted octanol–water partition coefficient (Wildman–Crippen LogP) is 3.27. The summed E-state index contributed by atoms with van der Waals surface area (Å²) in [5.74, 6) is 0.907. The summed E-state index contributed by atoms with van der Waals surface area (Å²) < 4.78 is 6.35. The van der Waals surface area contributed by atoms with Crippen LogP contribution in [0.1, 0.15) is 18.4 Å². The van der Waals surface area contributed by atoms with Gasteiger partial charge in [-0.15, -0.1) is 0 Å². The zero-order valence-electron chi connectivity index (χ0n) is 9.37.